The van der Waals surface area contributed by atoms with Gasteiger partial charge >= 0.3 is 6.16 Å². The highest BCUT2D eigenvalue weighted by Gasteiger charge is 2.00. The number of halogens is 2. The molecule has 4 nitrogen and oxygen atoms in total. The van der Waals surface area contributed by atoms with Crippen LogP contribution in [0.5, 0.6) is 0 Å². The zero-order valence-electron chi connectivity index (χ0n) is 13.4. The Bertz CT molecular complexity index is 232. The average molecular weight is 446 g/mol. The molecule has 6 heteroatoms. The molecule has 0 aliphatic heterocycles. The number of hydrogen-bond acceptors (Lipinski definition) is 4. The molecule has 0 aliphatic carbocycles. The number of unbranched alkanes of at least 4 members (excludes halogenated alkanes) is 6. The second kappa shape index (κ2) is 23.2. The first-order chi connectivity index (χ1) is 10.7. The molecule has 22 heavy (non-hydrogen) atoms. The molecular weight excluding hydrogens is 416 g/mol. The van der Waals surface area contributed by atoms with E-state index in [0.29, 0.717) is 13.2 Å². The molecule has 1 N–H and O–H groups in total. The molecule has 0 atom stereocenters. The van der Waals surface area contributed by atoms with Gasteiger partial charge in [-0.05, 0) is 25.7 Å². The van der Waals surface area contributed by atoms with Crippen LogP contribution in [-0.4, -0.2) is 41.7 Å². The van der Waals surface area contributed by atoms with E-state index >= 15 is 0 Å². The van der Waals surface area contributed by atoms with Crippen LogP contribution in [0, 0.1) is 0 Å². The first kappa shape index (κ1) is 24.2. The van der Waals surface area contributed by atoms with Gasteiger partial charge in [-0.3, -0.25) is 0 Å². The number of carbonyl (C=O) groups excluding carboxylic acids is 1. The van der Waals surface area contributed by atoms with E-state index in [4.69, 9.17) is 9.84 Å². The molecule has 0 bridgehead atoms. The summed E-state index contributed by atoms with van der Waals surface area (Å²) in [5.41, 5.74) is 0. The standard InChI is InChI=1S/C10H17BrO3.C6H13BrO/c1-2-8-13-10(12)14-9-6-4-3-5-7-11;7-5-3-1-2-4-6-8/h2H,1,3-9H2;8H,1-6H2. The van der Waals surface area contributed by atoms with E-state index in [9.17, 15) is 4.79 Å². The predicted molar refractivity (Wildman–Crippen MR) is 99.1 cm³/mol. The minimum atomic E-state index is -0.606. The summed E-state index contributed by atoms with van der Waals surface area (Å²) in [6.45, 7) is 4.43. The number of aliphatic hydroxyl groups excluding tert-OH is 1. The second-order valence-corrected chi connectivity index (χ2v) is 6.21. The van der Waals surface area contributed by atoms with Crippen molar-refractivity contribution < 1.29 is 19.4 Å². The smallest absolute Gasteiger partial charge is 0.434 e. The fourth-order valence-electron chi connectivity index (χ4n) is 1.43. The van der Waals surface area contributed by atoms with Crippen molar-refractivity contribution in [3.8, 4) is 0 Å². The van der Waals surface area contributed by atoms with Crippen LogP contribution in [0.1, 0.15) is 51.4 Å². The SMILES string of the molecule is C=CCOC(=O)OCCCCCCBr.OCCCCCCBr. The number of carbonyl (C=O) groups is 1. The largest absolute Gasteiger partial charge is 0.508 e. The average Bonchev–Trinajstić information content (AvgIpc) is 2.53. The van der Waals surface area contributed by atoms with Crippen molar-refractivity contribution in [3.05, 3.63) is 12.7 Å². The van der Waals surface area contributed by atoms with Gasteiger partial charge < -0.3 is 14.6 Å². The van der Waals surface area contributed by atoms with Gasteiger partial charge in [-0.15, -0.1) is 0 Å². The first-order valence-corrected chi connectivity index (χ1v) is 10.1. The molecule has 0 aromatic rings. The highest BCUT2D eigenvalue weighted by atomic mass is 79.9. The summed E-state index contributed by atoms with van der Waals surface area (Å²) in [7, 11) is 0. The molecule has 0 aliphatic rings. The fraction of sp³-hybridized carbons (Fsp3) is 0.812. The summed E-state index contributed by atoms with van der Waals surface area (Å²) in [4.78, 5) is 10.8. The van der Waals surface area contributed by atoms with Crippen LogP contribution >= 0.6 is 31.9 Å². The van der Waals surface area contributed by atoms with Crippen molar-refractivity contribution in [1.82, 2.24) is 0 Å². The van der Waals surface area contributed by atoms with Crippen LogP contribution in [0.25, 0.3) is 0 Å². The third kappa shape index (κ3) is 24.9. The molecule has 0 saturated carbocycles. The van der Waals surface area contributed by atoms with Gasteiger partial charge in [0.1, 0.15) is 6.61 Å². The summed E-state index contributed by atoms with van der Waals surface area (Å²) >= 11 is 6.69. The molecule has 0 aromatic heterocycles. The molecule has 0 aromatic carbocycles. The maximum Gasteiger partial charge on any atom is 0.508 e. The van der Waals surface area contributed by atoms with Crippen molar-refractivity contribution in [2.75, 3.05) is 30.5 Å². The van der Waals surface area contributed by atoms with E-state index in [2.05, 4.69) is 43.2 Å². The maximum atomic E-state index is 10.8. The minimum absolute atomic E-state index is 0.211. The Labute approximate surface area is 151 Å². The minimum Gasteiger partial charge on any atom is -0.434 e. The van der Waals surface area contributed by atoms with Crippen LogP contribution in [-0.2, 0) is 9.47 Å². The molecule has 0 radical (unpaired) electrons. The van der Waals surface area contributed by atoms with Gasteiger partial charge in [0, 0.05) is 17.3 Å². The Balaban J connectivity index is 0. The van der Waals surface area contributed by atoms with E-state index in [1.165, 1.54) is 31.8 Å². The van der Waals surface area contributed by atoms with Crippen molar-refractivity contribution in [1.29, 1.82) is 0 Å². The zero-order valence-corrected chi connectivity index (χ0v) is 16.6. The Hall–Kier alpha value is -0.0700. The van der Waals surface area contributed by atoms with Crippen molar-refractivity contribution in [2.45, 2.75) is 51.4 Å². The van der Waals surface area contributed by atoms with Gasteiger partial charge in [0.05, 0.1) is 6.61 Å². The summed E-state index contributed by atoms with van der Waals surface area (Å²) in [6, 6.07) is 0. The summed E-state index contributed by atoms with van der Waals surface area (Å²) in [5.74, 6) is 0. The zero-order chi connectivity index (χ0) is 16.9. The summed E-state index contributed by atoms with van der Waals surface area (Å²) in [5, 5.41) is 10.5. The van der Waals surface area contributed by atoms with Crippen molar-refractivity contribution in [2.24, 2.45) is 0 Å². The lowest BCUT2D eigenvalue weighted by Crippen LogP contribution is -2.08. The molecule has 0 saturated heterocycles. The maximum absolute atomic E-state index is 10.8. The van der Waals surface area contributed by atoms with Crippen LogP contribution in [0.2, 0.25) is 0 Å². The first-order valence-electron chi connectivity index (χ1n) is 7.86. The van der Waals surface area contributed by atoms with Crippen LogP contribution in [0.15, 0.2) is 12.7 Å². The Morgan fingerprint density at radius 2 is 1.45 bits per heavy atom. The van der Waals surface area contributed by atoms with Gasteiger partial charge in [-0.25, -0.2) is 4.79 Å². The summed E-state index contributed by atoms with van der Waals surface area (Å²) < 4.78 is 9.44. The Morgan fingerprint density at radius 3 is 1.95 bits per heavy atom. The number of hydrogen-bond donors (Lipinski definition) is 1. The fourth-order valence-corrected chi connectivity index (χ4v) is 2.23. The van der Waals surface area contributed by atoms with Gasteiger partial charge in [-0.1, -0.05) is 70.2 Å². The Morgan fingerprint density at radius 1 is 0.909 bits per heavy atom. The Kier molecular flexibility index (Phi) is 25.5. The molecule has 0 unspecified atom stereocenters. The third-order valence-corrected chi connectivity index (χ3v) is 3.73. The molecule has 0 spiro atoms. The lowest BCUT2D eigenvalue weighted by molar-refractivity contribution is 0.0620. The van der Waals surface area contributed by atoms with Crippen molar-refractivity contribution >= 4 is 38.0 Å². The van der Waals surface area contributed by atoms with E-state index in [1.54, 1.807) is 0 Å². The van der Waals surface area contributed by atoms with E-state index in [-0.39, 0.29) is 6.61 Å². The van der Waals surface area contributed by atoms with Gasteiger partial charge in [0.25, 0.3) is 0 Å². The number of alkyl halides is 2. The highest BCUT2D eigenvalue weighted by molar-refractivity contribution is 9.09. The van der Waals surface area contributed by atoms with Crippen LogP contribution < -0.4 is 0 Å². The normalized spacial score (nSPS) is 9.59. The molecule has 0 rings (SSSR count). The van der Waals surface area contributed by atoms with E-state index < -0.39 is 6.16 Å². The quantitative estimate of drug-likeness (QED) is 0.183. The second-order valence-electron chi connectivity index (χ2n) is 4.63. The van der Waals surface area contributed by atoms with E-state index in [1.807, 2.05) is 0 Å². The highest BCUT2D eigenvalue weighted by Crippen LogP contribution is 2.02. The number of aliphatic hydroxyl groups is 1. The van der Waals surface area contributed by atoms with Gasteiger partial charge in [0.15, 0.2) is 0 Å². The molecule has 132 valence electrons. The predicted octanol–water partition coefficient (Wildman–Crippen LogP) is 5.21. The van der Waals surface area contributed by atoms with Gasteiger partial charge in [-0.2, -0.15) is 0 Å². The van der Waals surface area contributed by atoms with Gasteiger partial charge in [0.2, 0.25) is 0 Å². The lowest BCUT2D eigenvalue weighted by Gasteiger charge is -2.03. The molecule has 0 amide bonds. The number of rotatable bonds is 13. The topological polar surface area (TPSA) is 55.8 Å². The molecule has 0 fully saturated rings. The van der Waals surface area contributed by atoms with Crippen molar-refractivity contribution in [3.63, 3.8) is 0 Å². The molecule has 0 heterocycles. The summed E-state index contributed by atoms with van der Waals surface area (Å²) in [6.07, 6.45) is 9.83. The monoisotopic (exact) mass is 444 g/mol. The van der Waals surface area contributed by atoms with Crippen LogP contribution in [0.4, 0.5) is 4.79 Å². The van der Waals surface area contributed by atoms with Crippen LogP contribution in [0.3, 0.4) is 0 Å². The number of ether oxygens (including phenoxy) is 2. The van der Waals surface area contributed by atoms with E-state index in [0.717, 1.165) is 36.3 Å². The lowest BCUT2D eigenvalue weighted by atomic mass is 10.2. The molecular formula is C16H30Br2O4. The third-order valence-electron chi connectivity index (χ3n) is 2.61.